The van der Waals surface area contributed by atoms with Crippen LogP contribution in [0.4, 0.5) is 18.9 Å². The minimum Gasteiger partial charge on any atom is -0.381 e. The van der Waals surface area contributed by atoms with Crippen molar-refractivity contribution in [1.82, 2.24) is 0 Å². The van der Waals surface area contributed by atoms with E-state index in [1.165, 1.54) is 0 Å². The molecule has 0 unspecified atom stereocenters. The summed E-state index contributed by atoms with van der Waals surface area (Å²) in [5, 5.41) is 3.04. The summed E-state index contributed by atoms with van der Waals surface area (Å²) < 4.78 is 38.7. The maximum atomic E-state index is 12.8. The molecule has 0 spiro atoms. The number of benzene rings is 2. The first kappa shape index (κ1) is 15.9. The molecule has 0 fully saturated rings. The molecule has 0 bridgehead atoms. The van der Waals surface area contributed by atoms with Gasteiger partial charge in [0.1, 0.15) is 0 Å². The number of rotatable bonds is 3. The predicted molar refractivity (Wildman–Crippen MR) is 82.4 cm³/mol. The van der Waals surface area contributed by atoms with Crippen molar-refractivity contribution in [2.24, 2.45) is 0 Å². The summed E-state index contributed by atoms with van der Waals surface area (Å²) in [4.78, 5) is 0. The molecule has 0 saturated carbocycles. The van der Waals surface area contributed by atoms with E-state index in [-0.39, 0.29) is 0 Å². The normalized spacial score (nSPS) is 11.5. The molecule has 0 aliphatic heterocycles. The fourth-order valence-corrected chi connectivity index (χ4v) is 2.72. The average Bonchev–Trinajstić information content (AvgIpc) is 2.33. The van der Waals surface area contributed by atoms with E-state index in [0.717, 1.165) is 28.8 Å². The van der Waals surface area contributed by atoms with Gasteiger partial charge >= 0.3 is 6.18 Å². The van der Waals surface area contributed by atoms with E-state index in [0.29, 0.717) is 16.7 Å². The number of halogens is 4. The zero-order chi connectivity index (χ0) is 15.6. The Kier molecular flexibility index (Phi) is 4.61. The highest BCUT2D eigenvalue weighted by atomic mass is 79.9. The van der Waals surface area contributed by atoms with Gasteiger partial charge < -0.3 is 5.32 Å². The summed E-state index contributed by atoms with van der Waals surface area (Å²) in [6.07, 6.45) is -4.35. The van der Waals surface area contributed by atoms with Gasteiger partial charge in [0, 0.05) is 16.7 Å². The van der Waals surface area contributed by atoms with E-state index in [4.69, 9.17) is 0 Å². The quantitative estimate of drug-likeness (QED) is 0.743. The van der Waals surface area contributed by atoms with Gasteiger partial charge in [-0.1, -0.05) is 45.3 Å². The highest BCUT2D eigenvalue weighted by molar-refractivity contribution is 9.10. The van der Waals surface area contributed by atoms with Gasteiger partial charge in [-0.3, -0.25) is 0 Å². The third kappa shape index (κ3) is 4.49. The maximum absolute atomic E-state index is 12.8. The van der Waals surface area contributed by atoms with Crippen LogP contribution in [0.5, 0.6) is 0 Å². The first-order chi connectivity index (χ1) is 9.74. The van der Waals surface area contributed by atoms with Gasteiger partial charge in [0.2, 0.25) is 0 Å². The Morgan fingerprint density at radius 2 is 1.57 bits per heavy atom. The van der Waals surface area contributed by atoms with Crippen LogP contribution in [0, 0.1) is 13.8 Å². The number of hydrogen-bond acceptors (Lipinski definition) is 1. The molecule has 2 rings (SSSR count). The van der Waals surface area contributed by atoms with Gasteiger partial charge in [0.05, 0.1) is 5.56 Å². The highest BCUT2D eigenvalue weighted by Gasteiger charge is 2.31. The van der Waals surface area contributed by atoms with Crippen molar-refractivity contribution in [3.8, 4) is 0 Å². The minimum atomic E-state index is -4.35. The molecule has 0 atom stereocenters. The van der Waals surface area contributed by atoms with Crippen molar-refractivity contribution in [2.45, 2.75) is 26.6 Å². The molecule has 21 heavy (non-hydrogen) atoms. The summed E-state index contributed by atoms with van der Waals surface area (Å²) in [5.41, 5.74) is 3.09. The van der Waals surface area contributed by atoms with E-state index in [1.807, 2.05) is 26.0 Å². The molecule has 0 aromatic heterocycles. The smallest absolute Gasteiger partial charge is 0.381 e. The second-order valence-electron chi connectivity index (χ2n) is 5.08. The molecule has 1 N–H and O–H groups in total. The van der Waals surface area contributed by atoms with Gasteiger partial charge in [-0.25, -0.2) is 0 Å². The fraction of sp³-hybridized carbons (Fsp3) is 0.250. The van der Waals surface area contributed by atoms with Crippen LogP contribution >= 0.6 is 15.9 Å². The lowest BCUT2D eigenvalue weighted by Crippen LogP contribution is -2.07. The Morgan fingerprint density at radius 1 is 0.952 bits per heavy atom. The molecule has 2 aromatic carbocycles. The maximum Gasteiger partial charge on any atom is 0.416 e. The molecule has 0 heterocycles. The highest BCUT2D eigenvalue weighted by Crippen LogP contribution is 2.33. The Balaban J connectivity index is 2.18. The summed E-state index contributed by atoms with van der Waals surface area (Å²) in [6.45, 7) is 4.48. The molecular formula is C16H15BrF3N. The lowest BCUT2D eigenvalue weighted by Gasteiger charge is -2.12. The zero-order valence-electron chi connectivity index (χ0n) is 11.7. The minimum absolute atomic E-state index is 0.403. The Bertz CT molecular complexity index is 630. The number of aryl methyl sites for hydroxylation is 2. The fourth-order valence-electron chi connectivity index (χ4n) is 2.23. The summed E-state index contributed by atoms with van der Waals surface area (Å²) in [7, 11) is 0. The van der Waals surface area contributed by atoms with Crippen molar-refractivity contribution in [2.75, 3.05) is 5.32 Å². The summed E-state index contributed by atoms with van der Waals surface area (Å²) in [6, 6.07) is 9.92. The molecule has 0 saturated heterocycles. The van der Waals surface area contributed by atoms with Crippen LogP contribution in [0.3, 0.4) is 0 Å². The van der Waals surface area contributed by atoms with Crippen LogP contribution in [-0.4, -0.2) is 0 Å². The Labute approximate surface area is 130 Å². The monoisotopic (exact) mass is 357 g/mol. The summed E-state index contributed by atoms with van der Waals surface area (Å²) in [5.74, 6) is 0. The van der Waals surface area contributed by atoms with Crippen LogP contribution in [0.1, 0.15) is 22.3 Å². The van der Waals surface area contributed by atoms with Gasteiger partial charge in [-0.05, 0) is 37.6 Å². The third-order valence-electron chi connectivity index (χ3n) is 3.00. The van der Waals surface area contributed by atoms with Crippen molar-refractivity contribution in [3.63, 3.8) is 0 Å². The molecule has 0 aliphatic rings. The van der Waals surface area contributed by atoms with Crippen LogP contribution in [0.25, 0.3) is 0 Å². The molecule has 112 valence electrons. The van der Waals surface area contributed by atoms with Crippen LogP contribution in [-0.2, 0) is 12.7 Å². The van der Waals surface area contributed by atoms with E-state index >= 15 is 0 Å². The van der Waals surface area contributed by atoms with E-state index in [1.54, 1.807) is 6.07 Å². The average molecular weight is 358 g/mol. The Hall–Kier alpha value is -1.49. The Morgan fingerprint density at radius 3 is 2.14 bits per heavy atom. The lowest BCUT2D eigenvalue weighted by molar-refractivity contribution is -0.137. The first-order valence-electron chi connectivity index (χ1n) is 6.43. The van der Waals surface area contributed by atoms with Gasteiger partial charge in [-0.2, -0.15) is 13.2 Å². The van der Waals surface area contributed by atoms with Crippen molar-refractivity contribution in [3.05, 3.63) is 63.1 Å². The molecule has 0 amide bonds. The number of nitrogens with one attached hydrogen (secondary N) is 1. The van der Waals surface area contributed by atoms with Crippen molar-refractivity contribution in [1.29, 1.82) is 0 Å². The largest absolute Gasteiger partial charge is 0.416 e. The number of hydrogen-bond donors (Lipinski definition) is 1. The number of anilines is 1. The van der Waals surface area contributed by atoms with Gasteiger partial charge in [0.15, 0.2) is 0 Å². The predicted octanol–water partition coefficient (Wildman–Crippen LogP) is 5.70. The lowest BCUT2D eigenvalue weighted by atomic mass is 10.1. The second kappa shape index (κ2) is 6.10. The van der Waals surface area contributed by atoms with Crippen LogP contribution in [0.15, 0.2) is 40.9 Å². The van der Waals surface area contributed by atoms with Gasteiger partial charge in [-0.15, -0.1) is 0 Å². The SMILES string of the molecule is Cc1cc(C)cc(CNc2cc(Br)cc(C(F)(F)F)c2)c1. The second-order valence-corrected chi connectivity index (χ2v) is 5.99. The molecular weight excluding hydrogens is 343 g/mol. The van der Waals surface area contributed by atoms with E-state index in [9.17, 15) is 13.2 Å². The first-order valence-corrected chi connectivity index (χ1v) is 7.22. The van der Waals surface area contributed by atoms with Crippen LogP contribution < -0.4 is 5.32 Å². The molecule has 5 heteroatoms. The zero-order valence-corrected chi connectivity index (χ0v) is 13.3. The van der Waals surface area contributed by atoms with E-state index in [2.05, 4.69) is 27.3 Å². The standard InChI is InChI=1S/C16H15BrF3N/c1-10-3-11(2)5-12(4-10)9-21-15-7-13(16(18,19)20)6-14(17)8-15/h3-8,21H,9H2,1-2H3. The van der Waals surface area contributed by atoms with Gasteiger partial charge in [0.25, 0.3) is 0 Å². The molecule has 2 aromatic rings. The van der Waals surface area contributed by atoms with Crippen molar-refractivity contribution >= 4 is 21.6 Å². The molecule has 1 nitrogen and oxygen atoms in total. The van der Waals surface area contributed by atoms with E-state index < -0.39 is 11.7 Å². The topological polar surface area (TPSA) is 12.0 Å². The summed E-state index contributed by atoms with van der Waals surface area (Å²) >= 11 is 3.11. The third-order valence-corrected chi connectivity index (χ3v) is 3.46. The van der Waals surface area contributed by atoms with Crippen LogP contribution in [0.2, 0.25) is 0 Å². The molecule has 0 radical (unpaired) electrons. The molecule has 0 aliphatic carbocycles. The van der Waals surface area contributed by atoms with Crippen molar-refractivity contribution < 1.29 is 13.2 Å². The number of alkyl halides is 3.